The molecule has 1 atom stereocenters. The number of likely N-dealkylation sites (tertiary alicyclic amines) is 1. The number of methoxy groups -OCH3 is 1. The monoisotopic (exact) mass is 494 g/mol. The number of carbonyl (C=O) groups excluding carboxylic acids is 1. The van der Waals surface area contributed by atoms with Crippen LogP contribution in [0.5, 0.6) is 5.75 Å². The normalized spacial score (nSPS) is 15.3. The summed E-state index contributed by atoms with van der Waals surface area (Å²) in [5.41, 5.74) is 4.97. The van der Waals surface area contributed by atoms with Crippen molar-refractivity contribution in [3.63, 3.8) is 0 Å². The van der Waals surface area contributed by atoms with Gasteiger partial charge in [-0.25, -0.2) is 4.79 Å². The molecule has 2 N–H and O–H groups in total. The summed E-state index contributed by atoms with van der Waals surface area (Å²) in [5, 5.41) is 1.13. The lowest BCUT2D eigenvalue weighted by Gasteiger charge is -2.33. The van der Waals surface area contributed by atoms with E-state index in [4.69, 9.17) is 4.74 Å². The van der Waals surface area contributed by atoms with Crippen LogP contribution in [-0.2, 0) is 4.79 Å². The van der Waals surface area contributed by atoms with Crippen LogP contribution >= 0.6 is 0 Å². The van der Waals surface area contributed by atoms with Crippen LogP contribution in [0, 0.1) is 0 Å². The second kappa shape index (κ2) is 9.65. The van der Waals surface area contributed by atoms with Gasteiger partial charge in [0.05, 0.1) is 18.1 Å². The van der Waals surface area contributed by atoms with Gasteiger partial charge in [0.25, 0.3) is 0 Å². The summed E-state index contributed by atoms with van der Waals surface area (Å²) in [6, 6.07) is 24.1. The second-order valence-corrected chi connectivity index (χ2v) is 9.75. The zero-order valence-electron chi connectivity index (χ0n) is 20.8. The molecule has 2 aromatic heterocycles. The number of carbonyl (C=O) groups is 1. The van der Waals surface area contributed by atoms with Crippen molar-refractivity contribution < 1.29 is 9.53 Å². The minimum absolute atomic E-state index is 0.0788. The maximum Gasteiger partial charge on any atom is 0.326 e. The van der Waals surface area contributed by atoms with Crippen molar-refractivity contribution in [1.29, 1.82) is 0 Å². The summed E-state index contributed by atoms with van der Waals surface area (Å²) in [5.74, 6) is 0.849. The molecule has 7 nitrogen and oxygen atoms in total. The predicted octanol–water partition coefficient (Wildman–Crippen LogP) is 5.21. The Morgan fingerprint density at radius 2 is 1.68 bits per heavy atom. The van der Waals surface area contributed by atoms with Crippen molar-refractivity contribution in [1.82, 2.24) is 19.4 Å². The van der Waals surface area contributed by atoms with Crippen LogP contribution in [0.25, 0.3) is 21.9 Å². The fraction of sp³-hybridized carbons (Fsp3) is 0.267. The lowest BCUT2D eigenvalue weighted by Crippen LogP contribution is -2.41. The van der Waals surface area contributed by atoms with Gasteiger partial charge in [0.1, 0.15) is 5.75 Å². The number of fused-ring (bicyclic) bond motifs is 2. The van der Waals surface area contributed by atoms with Crippen molar-refractivity contribution in [3.05, 3.63) is 101 Å². The van der Waals surface area contributed by atoms with Gasteiger partial charge in [-0.1, -0.05) is 42.5 Å². The Balaban J connectivity index is 1.23. The molecular weight excluding hydrogens is 464 g/mol. The highest BCUT2D eigenvalue weighted by Crippen LogP contribution is 2.35. The van der Waals surface area contributed by atoms with Crippen LogP contribution in [0.3, 0.4) is 0 Å². The van der Waals surface area contributed by atoms with Gasteiger partial charge in [0.15, 0.2) is 0 Å². The Bertz CT molecular complexity index is 1600. The van der Waals surface area contributed by atoms with Crippen LogP contribution in [0.1, 0.15) is 42.3 Å². The maximum atomic E-state index is 13.6. The smallest absolute Gasteiger partial charge is 0.326 e. The molecule has 1 aliphatic rings. The number of nitrogens with one attached hydrogen (secondary N) is 2. The number of amides is 1. The van der Waals surface area contributed by atoms with Crippen molar-refractivity contribution in [2.45, 2.75) is 31.2 Å². The van der Waals surface area contributed by atoms with Crippen molar-refractivity contribution in [2.24, 2.45) is 0 Å². The molecule has 1 aliphatic heterocycles. The average Bonchev–Trinajstić information content (AvgIpc) is 3.52. The van der Waals surface area contributed by atoms with E-state index in [-0.39, 0.29) is 23.6 Å². The third kappa shape index (κ3) is 4.31. The molecule has 0 aliphatic carbocycles. The van der Waals surface area contributed by atoms with E-state index in [9.17, 15) is 9.59 Å². The lowest BCUT2D eigenvalue weighted by atomic mass is 9.87. The third-order valence-electron chi connectivity index (χ3n) is 7.70. The van der Waals surface area contributed by atoms with Gasteiger partial charge in [-0.05, 0) is 54.3 Å². The molecule has 1 unspecified atom stereocenters. The minimum atomic E-state index is -0.0801. The number of piperidine rings is 1. The van der Waals surface area contributed by atoms with Gasteiger partial charge < -0.3 is 19.6 Å². The number of hydrogen-bond acceptors (Lipinski definition) is 3. The quantitative estimate of drug-likeness (QED) is 0.340. The molecule has 0 radical (unpaired) electrons. The molecule has 37 heavy (non-hydrogen) atoms. The number of rotatable bonds is 6. The van der Waals surface area contributed by atoms with Crippen LogP contribution < -0.4 is 10.4 Å². The van der Waals surface area contributed by atoms with E-state index in [2.05, 4.69) is 22.1 Å². The van der Waals surface area contributed by atoms with Crippen LogP contribution in [0.2, 0.25) is 0 Å². The first-order valence-corrected chi connectivity index (χ1v) is 12.8. The average molecular weight is 495 g/mol. The Labute approximate surface area is 214 Å². The topological polar surface area (TPSA) is 83.1 Å². The lowest BCUT2D eigenvalue weighted by molar-refractivity contribution is -0.132. The van der Waals surface area contributed by atoms with Gasteiger partial charge in [-0.2, -0.15) is 0 Å². The molecule has 0 spiro atoms. The van der Waals surface area contributed by atoms with E-state index in [1.54, 1.807) is 7.11 Å². The van der Waals surface area contributed by atoms with Crippen LogP contribution in [0.4, 0.5) is 0 Å². The number of aromatic nitrogens is 3. The molecular formula is C30H30N4O3. The number of ether oxygens (including phenoxy) is 1. The minimum Gasteiger partial charge on any atom is -0.497 e. The number of H-pyrrole nitrogens is 2. The summed E-state index contributed by atoms with van der Waals surface area (Å²) in [4.78, 5) is 34.6. The molecule has 3 aromatic carbocycles. The summed E-state index contributed by atoms with van der Waals surface area (Å²) in [6.45, 7) is 1.28. The second-order valence-electron chi connectivity index (χ2n) is 9.75. The summed E-state index contributed by atoms with van der Waals surface area (Å²) in [7, 11) is 1.66. The molecule has 1 saturated heterocycles. The largest absolute Gasteiger partial charge is 0.497 e. The van der Waals surface area contributed by atoms with E-state index in [1.807, 2.05) is 76.3 Å². The van der Waals surface area contributed by atoms with E-state index < -0.39 is 0 Å². The Kier molecular flexibility index (Phi) is 6.04. The fourth-order valence-corrected chi connectivity index (χ4v) is 5.74. The van der Waals surface area contributed by atoms with Gasteiger partial charge in [0.2, 0.25) is 5.91 Å². The molecule has 3 heterocycles. The van der Waals surface area contributed by atoms with Gasteiger partial charge in [-0.15, -0.1) is 0 Å². The van der Waals surface area contributed by atoms with Gasteiger partial charge in [-0.3, -0.25) is 9.36 Å². The first kappa shape index (κ1) is 23.2. The highest BCUT2D eigenvalue weighted by Gasteiger charge is 2.29. The molecule has 0 saturated carbocycles. The molecule has 1 fully saturated rings. The zero-order valence-corrected chi connectivity index (χ0v) is 20.8. The fourth-order valence-electron chi connectivity index (χ4n) is 5.74. The number of hydrogen-bond donors (Lipinski definition) is 2. The van der Waals surface area contributed by atoms with Crippen molar-refractivity contribution >= 4 is 27.8 Å². The summed E-state index contributed by atoms with van der Waals surface area (Å²) < 4.78 is 7.22. The zero-order chi connectivity index (χ0) is 25.4. The van der Waals surface area contributed by atoms with E-state index >= 15 is 0 Å². The van der Waals surface area contributed by atoms with Crippen molar-refractivity contribution in [2.75, 3.05) is 20.2 Å². The molecule has 5 aromatic rings. The van der Waals surface area contributed by atoms with Gasteiger partial charge in [0, 0.05) is 48.6 Å². The third-order valence-corrected chi connectivity index (χ3v) is 7.70. The van der Waals surface area contributed by atoms with Crippen molar-refractivity contribution in [3.8, 4) is 5.75 Å². The highest BCUT2D eigenvalue weighted by molar-refractivity contribution is 5.86. The maximum absolute atomic E-state index is 13.6. The first-order chi connectivity index (χ1) is 18.1. The molecule has 7 heteroatoms. The SMILES string of the molecule is COc1ccc(C(CC(=O)N2CCC(n3c(=O)[nH]c4ccccc43)CC2)c2c[nH]c3ccccc23)cc1. The highest BCUT2D eigenvalue weighted by atomic mass is 16.5. The van der Waals surface area contributed by atoms with E-state index in [1.165, 1.54) is 0 Å². The van der Waals surface area contributed by atoms with Crippen LogP contribution in [0.15, 0.2) is 83.8 Å². The number of benzene rings is 3. The molecule has 1 amide bonds. The molecule has 6 rings (SSSR count). The van der Waals surface area contributed by atoms with Gasteiger partial charge >= 0.3 is 5.69 Å². The predicted molar refractivity (Wildman–Crippen MR) is 145 cm³/mol. The van der Waals surface area contributed by atoms with E-state index in [0.717, 1.165) is 51.7 Å². The molecule has 0 bridgehead atoms. The Hall–Kier alpha value is -4.26. The standard InChI is InChI=1S/C30H30N4O3/c1-37-22-12-10-20(11-13-22)24(25-19-31-26-7-3-2-6-23(25)26)18-29(35)33-16-14-21(15-17-33)34-28-9-5-4-8-27(28)32-30(34)36/h2-13,19,21,24,31H,14-18H2,1H3,(H,32,36). The summed E-state index contributed by atoms with van der Waals surface area (Å²) in [6.07, 6.45) is 3.93. The molecule has 188 valence electrons. The number of aromatic amines is 2. The van der Waals surface area contributed by atoms with Crippen LogP contribution in [-0.4, -0.2) is 45.5 Å². The Morgan fingerprint density at radius 1 is 0.973 bits per heavy atom. The number of nitrogens with zero attached hydrogens (tertiary/aromatic N) is 2. The Morgan fingerprint density at radius 3 is 2.43 bits per heavy atom. The summed E-state index contributed by atoms with van der Waals surface area (Å²) >= 11 is 0. The van der Waals surface area contributed by atoms with E-state index in [0.29, 0.717) is 19.5 Å². The number of para-hydroxylation sites is 3. The first-order valence-electron chi connectivity index (χ1n) is 12.8. The number of imidazole rings is 1.